The summed E-state index contributed by atoms with van der Waals surface area (Å²) in [5, 5.41) is 14.6. The maximum atomic E-state index is 14.5. The lowest BCUT2D eigenvalue weighted by Crippen LogP contribution is -2.37. The van der Waals surface area contributed by atoms with Crippen LogP contribution in [-0.2, 0) is 20.5 Å². The molecule has 1 aliphatic rings. The second-order valence-electron chi connectivity index (χ2n) is 6.52. The molecule has 9 heteroatoms. The van der Waals surface area contributed by atoms with Crippen molar-refractivity contribution in [3.63, 3.8) is 0 Å². The van der Waals surface area contributed by atoms with E-state index < -0.39 is 16.9 Å². The summed E-state index contributed by atoms with van der Waals surface area (Å²) in [4.78, 5) is 17.8. The molecule has 0 bridgehead atoms. The topological polar surface area (TPSA) is 90.9 Å². The van der Waals surface area contributed by atoms with Gasteiger partial charge < -0.3 is 15.5 Å². The summed E-state index contributed by atoms with van der Waals surface area (Å²) in [7, 11) is -0.824. The molecule has 1 saturated heterocycles. The fraction of sp³-hybridized carbons (Fsp3) is 0.611. The first-order valence-corrected chi connectivity index (χ1v) is 10.7. The van der Waals surface area contributed by atoms with Gasteiger partial charge in [0.25, 0.3) is 0 Å². The minimum Gasteiger partial charge on any atom is -0.382 e. The van der Waals surface area contributed by atoms with Gasteiger partial charge in [0.1, 0.15) is 11.9 Å². The summed E-state index contributed by atoms with van der Waals surface area (Å²) < 4.78 is 26.1. The molecule has 0 radical (unpaired) electrons. The molecule has 0 spiro atoms. The van der Waals surface area contributed by atoms with E-state index in [1.54, 1.807) is 12.1 Å². The van der Waals surface area contributed by atoms with Crippen molar-refractivity contribution in [2.45, 2.75) is 32.3 Å². The summed E-state index contributed by atoms with van der Waals surface area (Å²) in [6.07, 6.45) is 1.30. The zero-order valence-electron chi connectivity index (χ0n) is 15.6. The zero-order valence-corrected chi connectivity index (χ0v) is 16.4. The Kier molecular flexibility index (Phi) is 8.96. The van der Waals surface area contributed by atoms with Crippen LogP contribution in [0.2, 0.25) is 0 Å². The summed E-state index contributed by atoms with van der Waals surface area (Å²) in [5.41, 5.74) is 1.05. The maximum absolute atomic E-state index is 14.5. The van der Waals surface area contributed by atoms with E-state index in [0.717, 1.165) is 12.8 Å². The molecule has 1 aromatic carbocycles. The molecule has 1 aliphatic heterocycles. The molecule has 2 rings (SSSR count). The molecule has 2 atom stereocenters. The first kappa shape index (κ1) is 21.6. The monoisotopic (exact) mass is 401 g/mol. The van der Waals surface area contributed by atoms with E-state index in [1.807, 2.05) is 11.8 Å². The molecule has 1 fully saturated rings. The average Bonchev–Trinajstić information content (AvgIpc) is 2.87. The third kappa shape index (κ3) is 7.08. The number of carbonyl (C=O) groups is 1. The summed E-state index contributed by atoms with van der Waals surface area (Å²) in [6.45, 7) is 3.55. The number of hydrogen-bond acceptors (Lipinski definition) is 6. The van der Waals surface area contributed by atoms with Gasteiger partial charge in [0, 0.05) is 60.6 Å². The van der Waals surface area contributed by atoms with E-state index >= 15 is 0 Å². The van der Waals surface area contributed by atoms with Crippen molar-refractivity contribution in [1.82, 2.24) is 5.32 Å². The second-order valence-corrected chi connectivity index (χ2v) is 8.21. The predicted octanol–water partition coefficient (Wildman–Crippen LogP) is 1.97. The highest BCUT2D eigenvalue weighted by molar-refractivity contribution is 7.85. The Balaban J connectivity index is 1.88. The third-order valence-electron chi connectivity index (χ3n) is 4.36. The van der Waals surface area contributed by atoms with Crippen molar-refractivity contribution in [1.29, 1.82) is 0 Å². The number of nitrogens with zero attached hydrogens (tertiary/aromatic N) is 1. The van der Waals surface area contributed by atoms with E-state index in [4.69, 9.17) is 5.26 Å². The van der Waals surface area contributed by atoms with E-state index in [-0.39, 0.29) is 24.8 Å². The predicted molar refractivity (Wildman–Crippen MR) is 105 cm³/mol. The van der Waals surface area contributed by atoms with Crippen molar-refractivity contribution in [3.8, 4) is 0 Å². The highest BCUT2D eigenvalue weighted by Crippen LogP contribution is 2.24. The SMILES string of the molecule is CCCC(=O)NC[C@@H](CNc1ccc(N2CCC[S@@](=O)CC2)c(F)c1)OO. The average molecular weight is 402 g/mol. The van der Waals surface area contributed by atoms with Crippen molar-refractivity contribution < 1.29 is 23.5 Å². The van der Waals surface area contributed by atoms with Gasteiger partial charge in [0.15, 0.2) is 0 Å². The number of rotatable bonds is 9. The van der Waals surface area contributed by atoms with Crippen LogP contribution in [0.25, 0.3) is 0 Å². The Hall–Kier alpha value is -1.71. The minimum absolute atomic E-state index is 0.103. The molecule has 0 saturated carbocycles. The zero-order chi connectivity index (χ0) is 19.6. The summed E-state index contributed by atoms with van der Waals surface area (Å²) >= 11 is 0. The molecule has 1 aromatic rings. The van der Waals surface area contributed by atoms with Crippen LogP contribution < -0.4 is 15.5 Å². The third-order valence-corrected chi connectivity index (χ3v) is 5.75. The first-order chi connectivity index (χ1) is 13.0. The largest absolute Gasteiger partial charge is 0.382 e. The van der Waals surface area contributed by atoms with E-state index in [1.165, 1.54) is 6.07 Å². The van der Waals surface area contributed by atoms with Gasteiger partial charge in [-0.1, -0.05) is 6.92 Å². The van der Waals surface area contributed by atoms with Crippen molar-refractivity contribution in [3.05, 3.63) is 24.0 Å². The molecular formula is C18H28FN3O4S. The van der Waals surface area contributed by atoms with Gasteiger partial charge in [-0.2, -0.15) is 0 Å². The molecular weight excluding hydrogens is 373 g/mol. The quantitative estimate of drug-likeness (QED) is 0.433. The standard InChI is InChI=1S/C18H28FN3O4S/c1-2-4-18(23)21-13-15(26-24)12-20-14-5-6-17(16(19)11-14)22-7-3-9-27(25)10-8-22/h5-6,11,15,20,24H,2-4,7-10,12-13H2,1H3,(H,21,23)/t15-,27-/m1/s1. The number of hydrogen-bond donors (Lipinski definition) is 3. The molecule has 0 aromatic heterocycles. The summed E-state index contributed by atoms with van der Waals surface area (Å²) in [5.74, 6) is 0.757. The molecule has 1 amide bonds. The second kappa shape index (κ2) is 11.2. The Bertz CT molecular complexity index is 647. The van der Waals surface area contributed by atoms with E-state index in [2.05, 4.69) is 15.5 Å². The van der Waals surface area contributed by atoms with Gasteiger partial charge in [-0.3, -0.25) is 14.3 Å². The normalized spacial score (nSPS) is 18.6. The van der Waals surface area contributed by atoms with Gasteiger partial charge in [0.2, 0.25) is 5.91 Å². The summed E-state index contributed by atoms with van der Waals surface area (Å²) in [6, 6.07) is 4.84. The van der Waals surface area contributed by atoms with Crippen molar-refractivity contribution in [2.75, 3.05) is 47.9 Å². The molecule has 3 N–H and O–H groups in total. The van der Waals surface area contributed by atoms with Crippen LogP contribution in [-0.4, -0.2) is 59.2 Å². The van der Waals surface area contributed by atoms with Crippen LogP contribution in [0.5, 0.6) is 0 Å². The van der Waals surface area contributed by atoms with Crippen molar-refractivity contribution >= 4 is 28.1 Å². The lowest BCUT2D eigenvalue weighted by molar-refractivity contribution is -0.272. The van der Waals surface area contributed by atoms with Gasteiger partial charge in [-0.15, -0.1) is 0 Å². The van der Waals surface area contributed by atoms with Crippen LogP contribution in [0.4, 0.5) is 15.8 Å². The van der Waals surface area contributed by atoms with Gasteiger partial charge in [0.05, 0.1) is 5.69 Å². The number of carbonyl (C=O) groups excluding carboxylic acids is 1. The van der Waals surface area contributed by atoms with Crippen molar-refractivity contribution in [2.24, 2.45) is 0 Å². The fourth-order valence-corrected chi connectivity index (χ4v) is 3.96. The smallest absolute Gasteiger partial charge is 0.220 e. The van der Waals surface area contributed by atoms with Gasteiger partial charge >= 0.3 is 0 Å². The van der Waals surface area contributed by atoms with Crippen LogP contribution >= 0.6 is 0 Å². The number of benzene rings is 1. The fourth-order valence-electron chi connectivity index (χ4n) is 2.88. The Morgan fingerprint density at radius 3 is 2.89 bits per heavy atom. The van der Waals surface area contributed by atoms with Gasteiger partial charge in [-0.05, 0) is 31.0 Å². The first-order valence-electron chi connectivity index (χ1n) is 9.23. The number of nitrogens with one attached hydrogen (secondary N) is 2. The molecule has 7 nitrogen and oxygen atoms in total. The Labute approximate surface area is 161 Å². The Morgan fingerprint density at radius 1 is 1.37 bits per heavy atom. The number of halogens is 1. The Morgan fingerprint density at radius 2 is 2.19 bits per heavy atom. The van der Waals surface area contributed by atoms with E-state index in [9.17, 15) is 13.4 Å². The highest BCUT2D eigenvalue weighted by Gasteiger charge is 2.17. The molecule has 0 aliphatic carbocycles. The lowest BCUT2D eigenvalue weighted by atomic mass is 10.2. The highest BCUT2D eigenvalue weighted by atomic mass is 32.2. The molecule has 0 unspecified atom stereocenters. The maximum Gasteiger partial charge on any atom is 0.220 e. The molecule has 1 heterocycles. The van der Waals surface area contributed by atoms with Gasteiger partial charge in [-0.25, -0.2) is 9.28 Å². The number of amides is 1. The van der Waals surface area contributed by atoms with Crippen LogP contribution in [0.15, 0.2) is 18.2 Å². The van der Waals surface area contributed by atoms with Crippen LogP contribution in [0.1, 0.15) is 26.2 Å². The molecule has 27 heavy (non-hydrogen) atoms. The van der Waals surface area contributed by atoms with Crippen LogP contribution in [0, 0.1) is 5.82 Å². The lowest BCUT2D eigenvalue weighted by Gasteiger charge is -2.23. The number of anilines is 2. The molecule has 152 valence electrons. The minimum atomic E-state index is -0.824. The van der Waals surface area contributed by atoms with Crippen LogP contribution in [0.3, 0.4) is 0 Å². The van der Waals surface area contributed by atoms with E-state index in [0.29, 0.717) is 42.4 Å².